The zero-order valence-electron chi connectivity index (χ0n) is 7.14. The molecule has 0 aliphatic heterocycles. The van der Waals surface area contributed by atoms with Gasteiger partial charge in [0.15, 0.2) is 0 Å². The third kappa shape index (κ3) is 0.681. The van der Waals surface area contributed by atoms with Crippen molar-refractivity contribution in [2.24, 2.45) is 23.7 Å². The molecule has 0 heterocycles. The van der Waals surface area contributed by atoms with Gasteiger partial charge in [-0.05, 0) is 36.5 Å². The minimum absolute atomic E-state index is 1.12. The maximum absolute atomic E-state index is 2.37. The van der Waals surface area contributed by atoms with Crippen LogP contribution in [0.15, 0.2) is 0 Å². The lowest BCUT2D eigenvalue weighted by Gasteiger charge is -2.24. The van der Waals surface area contributed by atoms with Crippen LogP contribution in [0.2, 0.25) is 0 Å². The molecule has 3 aliphatic rings. The number of fused-ring (bicyclic) bond motifs is 1. The molecular formula is C10H18. The summed E-state index contributed by atoms with van der Waals surface area (Å²) in [4.78, 5) is 0. The highest BCUT2D eigenvalue weighted by Gasteiger charge is 2.49. The Hall–Kier alpha value is 0. The number of rotatable bonds is 2. The molecule has 0 amide bonds. The van der Waals surface area contributed by atoms with Crippen molar-refractivity contribution < 1.29 is 0 Å². The van der Waals surface area contributed by atoms with Crippen molar-refractivity contribution in [2.45, 2.75) is 39.5 Å². The van der Waals surface area contributed by atoms with Gasteiger partial charge in [-0.1, -0.05) is 26.7 Å². The quantitative estimate of drug-likeness (QED) is 0.550. The summed E-state index contributed by atoms with van der Waals surface area (Å²) in [7, 11) is 0. The summed E-state index contributed by atoms with van der Waals surface area (Å²) in [6.45, 7) is 4.74. The van der Waals surface area contributed by atoms with Crippen LogP contribution in [-0.4, -0.2) is 0 Å². The van der Waals surface area contributed by atoms with Gasteiger partial charge in [0.05, 0.1) is 0 Å². The van der Waals surface area contributed by atoms with Crippen molar-refractivity contribution >= 4 is 0 Å². The molecule has 58 valence electrons. The lowest BCUT2D eigenvalue weighted by molar-refractivity contribution is 0.265. The standard InChI is InChI=1S/C10H18/c1-3-9-7-5-8(6-7)10(9)4-2/h7-10H,3-6H2,1-2H3. The molecular weight excluding hydrogens is 120 g/mol. The second kappa shape index (κ2) is 2.25. The third-order valence-electron chi connectivity index (χ3n) is 3.91. The van der Waals surface area contributed by atoms with Crippen LogP contribution in [0.4, 0.5) is 0 Å². The van der Waals surface area contributed by atoms with Gasteiger partial charge in [-0.15, -0.1) is 0 Å². The van der Waals surface area contributed by atoms with E-state index < -0.39 is 0 Å². The summed E-state index contributed by atoms with van der Waals surface area (Å²) >= 11 is 0. The molecule has 0 spiro atoms. The zero-order valence-corrected chi connectivity index (χ0v) is 7.14. The molecule has 3 aliphatic carbocycles. The van der Waals surface area contributed by atoms with Gasteiger partial charge in [0.25, 0.3) is 0 Å². The largest absolute Gasteiger partial charge is 0.0651 e. The Labute approximate surface area is 64.0 Å². The summed E-state index contributed by atoms with van der Waals surface area (Å²) in [5.41, 5.74) is 0. The van der Waals surface area contributed by atoms with Gasteiger partial charge in [-0.25, -0.2) is 0 Å². The van der Waals surface area contributed by atoms with Crippen LogP contribution >= 0.6 is 0 Å². The van der Waals surface area contributed by atoms with Crippen molar-refractivity contribution in [2.75, 3.05) is 0 Å². The maximum Gasteiger partial charge on any atom is -0.0357 e. The van der Waals surface area contributed by atoms with E-state index in [-0.39, 0.29) is 0 Å². The first-order valence-electron chi connectivity index (χ1n) is 4.86. The first-order valence-corrected chi connectivity index (χ1v) is 4.86. The van der Waals surface area contributed by atoms with Gasteiger partial charge in [0, 0.05) is 0 Å². The number of hydrogen-bond donors (Lipinski definition) is 0. The van der Waals surface area contributed by atoms with E-state index in [0.717, 1.165) is 23.7 Å². The molecule has 3 saturated carbocycles. The molecule has 3 rings (SSSR count). The first kappa shape index (κ1) is 6.69. The summed E-state index contributed by atoms with van der Waals surface area (Å²) in [5.74, 6) is 4.55. The Morgan fingerprint density at radius 2 is 1.30 bits per heavy atom. The lowest BCUT2D eigenvalue weighted by atomic mass is 9.81. The van der Waals surface area contributed by atoms with Gasteiger partial charge in [0.1, 0.15) is 0 Å². The first-order chi connectivity index (χ1) is 4.86. The second-order valence-electron chi connectivity index (χ2n) is 4.14. The van der Waals surface area contributed by atoms with Crippen LogP contribution in [0, 0.1) is 23.7 Å². The van der Waals surface area contributed by atoms with E-state index in [9.17, 15) is 0 Å². The molecule has 10 heavy (non-hydrogen) atoms. The Bertz CT molecular complexity index is 108. The van der Waals surface area contributed by atoms with E-state index in [1.807, 2.05) is 0 Å². The summed E-state index contributed by atoms with van der Waals surface area (Å²) in [5, 5.41) is 0. The van der Waals surface area contributed by atoms with Crippen LogP contribution in [0.5, 0.6) is 0 Å². The van der Waals surface area contributed by atoms with E-state index in [0.29, 0.717) is 0 Å². The molecule has 2 bridgehead atoms. The van der Waals surface area contributed by atoms with Gasteiger partial charge in [-0.3, -0.25) is 0 Å². The zero-order chi connectivity index (χ0) is 7.14. The van der Waals surface area contributed by atoms with Crippen LogP contribution in [-0.2, 0) is 0 Å². The fourth-order valence-corrected chi connectivity index (χ4v) is 3.38. The summed E-state index contributed by atoms with van der Waals surface area (Å²) in [6, 6.07) is 0. The second-order valence-corrected chi connectivity index (χ2v) is 4.14. The minimum Gasteiger partial charge on any atom is -0.0651 e. The van der Waals surface area contributed by atoms with Gasteiger partial charge < -0.3 is 0 Å². The Morgan fingerprint density at radius 1 is 0.900 bits per heavy atom. The molecule has 0 saturated heterocycles. The SMILES string of the molecule is CCC1C2CC(C2)C1CC. The van der Waals surface area contributed by atoms with E-state index in [1.165, 1.54) is 12.8 Å². The van der Waals surface area contributed by atoms with Crippen LogP contribution in [0.1, 0.15) is 39.5 Å². The molecule has 0 aromatic heterocycles. The van der Waals surface area contributed by atoms with Crippen molar-refractivity contribution in [3.05, 3.63) is 0 Å². The summed E-state index contributed by atoms with van der Waals surface area (Å²) in [6.07, 6.45) is 6.05. The lowest BCUT2D eigenvalue weighted by Crippen LogP contribution is -2.14. The van der Waals surface area contributed by atoms with Crippen LogP contribution in [0.25, 0.3) is 0 Å². The molecule has 2 atom stereocenters. The van der Waals surface area contributed by atoms with Crippen molar-refractivity contribution in [1.82, 2.24) is 0 Å². The molecule has 0 aromatic carbocycles. The average molecular weight is 138 g/mol. The van der Waals surface area contributed by atoms with Crippen LogP contribution in [0.3, 0.4) is 0 Å². The highest BCUT2D eigenvalue weighted by molar-refractivity contribution is 4.99. The highest BCUT2D eigenvalue weighted by Crippen LogP contribution is 2.58. The van der Waals surface area contributed by atoms with Crippen molar-refractivity contribution in [3.63, 3.8) is 0 Å². The topological polar surface area (TPSA) is 0 Å². The molecule has 0 N–H and O–H groups in total. The number of hydrogen-bond acceptors (Lipinski definition) is 0. The normalized spacial score (nSPS) is 51.0. The van der Waals surface area contributed by atoms with Gasteiger partial charge in [-0.2, -0.15) is 0 Å². The van der Waals surface area contributed by atoms with Crippen molar-refractivity contribution in [1.29, 1.82) is 0 Å². The van der Waals surface area contributed by atoms with E-state index in [1.54, 1.807) is 12.8 Å². The monoisotopic (exact) mass is 138 g/mol. The Kier molecular flexibility index (Phi) is 1.51. The predicted molar refractivity (Wildman–Crippen MR) is 43.8 cm³/mol. The molecule has 0 aromatic rings. The van der Waals surface area contributed by atoms with Crippen LogP contribution < -0.4 is 0 Å². The maximum atomic E-state index is 2.37. The highest BCUT2D eigenvalue weighted by atomic mass is 14.5. The Morgan fingerprint density at radius 3 is 1.60 bits per heavy atom. The fourth-order valence-electron chi connectivity index (χ4n) is 3.38. The Balaban J connectivity index is 2.04. The minimum atomic E-state index is 1.12. The molecule has 3 fully saturated rings. The van der Waals surface area contributed by atoms with E-state index in [2.05, 4.69) is 13.8 Å². The van der Waals surface area contributed by atoms with Gasteiger partial charge >= 0.3 is 0 Å². The van der Waals surface area contributed by atoms with Crippen molar-refractivity contribution in [3.8, 4) is 0 Å². The van der Waals surface area contributed by atoms with E-state index >= 15 is 0 Å². The van der Waals surface area contributed by atoms with Gasteiger partial charge in [0.2, 0.25) is 0 Å². The third-order valence-corrected chi connectivity index (χ3v) is 3.91. The molecule has 0 nitrogen and oxygen atoms in total. The molecule has 2 unspecified atom stereocenters. The fraction of sp³-hybridized carbons (Fsp3) is 1.00. The predicted octanol–water partition coefficient (Wildman–Crippen LogP) is 3.08. The molecule has 0 heteroatoms. The van der Waals surface area contributed by atoms with E-state index in [4.69, 9.17) is 0 Å². The molecule has 0 radical (unpaired) electrons. The average Bonchev–Trinajstić information content (AvgIpc) is 2.35. The smallest absolute Gasteiger partial charge is 0.0357 e. The summed E-state index contributed by atoms with van der Waals surface area (Å²) < 4.78 is 0.